The molecule has 0 aliphatic carbocycles. The van der Waals surface area contributed by atoms with Crippen LogP contribution in [0.3, 0.4) is 0 Å². The second-order valence-electron chi connectivity index (χ2n) is 8.62. The maximum atomic E-state index is 13.8. The summed E-state index contributed by atoms with van der Waals surface area (Å²) in [6.07, 6.45) is 0.536. The average Bonchev–Trinajstić information content (AvgIpc) is 2.85. The molecule has 5 nitrogen and oxygen atoms in total. The maximum absolute atomic E-state index is 13.8. The Balaban J connectivity index is 1.69. The first-order chi connectivity index (χ1) is 16.3. The average molecular weight is 477 g/mol. The van der Waals surface area contributed by atoms with E-state index in [9.17, 15) is 9.59 Å². The number of aryl methyl sites for hydroxylation is 1. The third-order valence-electron chi connectivity index (χ3n) is 6.49. The van der Waals surface area contributed by atoms with E-state index in [0.29, 0.717) is 29.3 Å². The Bertz CT molecular complexity index is 1210. The van der Waals surface area contributed by atoms with E-state index in [2.05, 4.69) is 0 Å². The lowest BCUT2D eigenvalue weighted by molar-refractivity contribution is -0.120. The monoisotopic (exact) mass is 476 g/mol. The number of hydrogen-bond acceptors (Lipinski definition) is 3. The minimum atomic E-state index is -0.355. The van der Waals surface area contributed by atoms with E-state index in [1.807, 2.05) is 63.2 Å². The molecule has 4 rings (SSSR count). The van der Waals surface area contributed by atoms with Crippen LogP contribution in [0.15, 0.2) is 66.7 Å². The Morgan fingerprint density at radius 1 is 1.09 bits per heavy atom. The molecule has 176 valence electrons. The minimum absolute atomic E-state index is 0.0123. The number of hydrogen-bond donors (Lipinski definition) is 0. The summed E-state index contributed by atoms with van der Waals surface area (Å²) in [5.74, 6) is 0.265. The van der Waals surface area contributed by atoms with E-state index < -0.39 is 0 Å². The van der Waals surface area contributed by atoms with Crippen molar-refractivity contribution >= 4 is 34.8 Å². The molecule has 0 radical (unpaired) electrons. The van der Waals surface area contributed by atoms with Gasteiger partial charge in [0.15, 0.2) is 0 Å². The van der Waals surface area contributed by atoms with E-state index in [1.54, 1.807) is 41.2 Å². The zero-order valence-electron chi connectivity index (χ0n) is 19.9. The minimum Gasteiger partial charge on any atom is -0.497 e. The number of para-hydroxylation sites is 1. The number of benzene rings is 3. The lowest BCUT2D eigenvalue weighted by Gasteiger charge is -2.40. The molecule has 3 aromatic carbocycles. The van der Waals surface area contributed by atoms with E-state index in [-0.39, 0.29) is 23.8 Å². The van der Waals surface area contributed by atoms with Crippen molar-refractivity contribution in [3.05, 3.63) is 88.4 Å². The van der Waals surface area contributed by atoms with Gasteiger partial charge in [0, 0.05) is 34.5 Å². The van der Waals surface area contributed by atoms with Gasteiger partial charge < -0.3 is 14.5 Å². The smallest absolute Gasteiger partial charge is 0.258 e. The van der Waals surface area contributed by atoms with Crippen LogP contribution in [0, 0.1) is 6.92 Å². The molecule has 1 aliphatic heterocycles. The summed E-state index contributed by atoms with van der Waals surface area (Å²) in [4.78, 5) is 30.9. The maximum Gasteiger partial charge on any atom is 0.258 e. The van der Waals surface area contributed by atoms with Crippen molar-refractivity contribution in [2.24, 2.45) is 0 Å². The highest BCUT2D eigenvalue weighted by atomic mass is 35.5. The quantitative estimate of drug-likeness (QED) is 0.438. The predicted octanol–water partition coefficient (Wildman–Crippen LogP) is 6.23. The second kappa shape index (κ2) is 9.90. The summed E-state index contributed by atoms with van der Waals surface area (Å²) >= 11 is 6.35. The summed E-state index contributed by atoms with van der Waals surface area (Å²) in [7, 11) is 1.60. The molecule has 0 N–H and O–H groups in total. The fourth-order valence-electron chi connectivity index (χ4n) is 4.63. The SMILES string of the molecule is CCN(C(=O)[C@@H]1C[C@@H](C)N(C(=O)c2ccc(OC)cc2)c2ccccc21)c1ccc(C)c(Cl)c1. The fraction of sp³-hybridized carbons (Fsp3) is 0.286. The number of likely N-dealkylation sites (N-methyl/N-ethyl adjacent to an activating group) is 1. The molecule has 0 spiro atoms. The number of methoxy groups -OCH3 is 1. The number of amides is 2. The highest BCUT2D eigenvalue weighted by molar-refractivity contribution is 6.31. The van der Waals surface area contributed by atoms with Crippen LogP contribution in [-0.4, -0.2) is 31.5 Å². The van der Waals surface area contributed by atoms with E-state index in [4.69, 9.17) is 16.3 Å². The zero-order chi connectivity index (χ0) is 24.4. The fourth-order valence-corrected chi connectivity index (χ4v) is 4.81. The first-order valence-corrected chi connectivity index (χ1v) is 11.9. The van der Waals surface area contributed by atoms with Gasteiger partial charge in [0.05, 0.1) is 13.0 Å². The van der Waals surface area contributed by atoms with Crippen molar-refractivity contribution in [2.45, 2.75) is 39.2 Å². The van der Waals surface area contributed by atoms with Gasteiger partial charge in [0.2, 0.25) is 5.91 Å². The zero-order valence-corrected chi connectivity index (χ0v) is 20.7. The number of carbonyl (C=O) groups is 2. The number of fused-ring (bicyclic) bond motifs is 1. The van der Waals surface area contributed by atoms with Crippen molar-refractivity contribution in [1.29, 1.82) is 0 Å². The third kappa shape index (κ3) is 4.40. The Morgan fingerprint density at radius 3 is 2.44 bits per heavy atom. The third-order valence-corrected chi connectivity index (χ3v) is 6.90. The normalized spacial score (nSPS) is 17.1. The van der Waals surface area contributed by atoms with Gasteiger partial charge in [-0.15, -0.1) is 0 Å². The Labute approximate surface area is 205 Å². The molecule has 0 unspecified atom stereocenters. The molecule has 2 amide bonds. The lowest BCUT2D eigenvalue weighted by atomic mass is 9.84. The molecule has 2 atom stereocenters. The topological polar surface area (TPSA) is 49.9 Å². The van der Waals surface area contributed by atoms with Crippen LogP contribution in [0.5, 0.6) is 5.75 Å². The van der Waals surface area contributed by atoms with E-state index in [1.165, 1.54) is 0 Å². The summed E-state index contributed by atoms with van der Waals surface area (Å²) in [5, 5.41) is 0.637. The van der Waals surface area contributed by atoms with Crippen LogP contribution in [0.2, 0.25) is 5.02 Å². The predicted molar refractivity (Wildman–Crippen MR) is 137 cm³/mol. The lowest BCUT2D eigenvalue weighted by Crippen LogP contribution is -2.46. The van der Waals surface area contributed by atoms with Gasteiger partial charge in [-0.3, -0.25) is 9.59 Å². The standard InChI is InChI=1S/C28H29ClN2O3/c1-5-30(21-13-10-18(2)25(29)17-21)28(33)24-16-19(3)31(26-9-7-6-8-23(24)26)27(32)20-11-14-22(34-4)15-12-20/h6-15,17,19,24H,5,16H2,1-4H3/t19-,24-/m1/s1. The van der Waals surface area contributed by atoms with Crippen LogP contribution in [0.1, 0.15) is 47.7 Å². The number of halogens is 1. The Kier molecular flexibility index (Phi) is 6.94. The van der Waals surface area contributed by atoms with E-state index in [0.717, 1.165) is 22.5 Å². The molecule has 34 heavy (non-hydrogen) atoms. The summed E-state index contributed by atoms with van der Waals surface area (Å²) in [6.45, 7) is 6.43. The Hall–Kier alpha value is -3.31. The van der Waals surface area contributed by atoms with E-state index >= 15 is 0 Å². The van der Waals surface area contributed by atoms with Gasteiger partial charge in [-0.1, -0.05) is 35.9 Å². The van der Waals surface area contributed by atoms with Crippen molar-refractivity contribution in [2.75, 3.05) is 23.5 Å². The highest BCUT2D eigenvalue weighted by Gasteiger charge is 2.38. The molecular weight excluding hydrogens is 448 g/mol. The largest absolute Gasteiger partial charge is 0.497 e. The van der Waals surface area contributed by atoms with Crippen LogP contribution in [0.4, 0.5) is 11.4 Å². The van der Waals surface area contributed by atoms with Crippen LogP contribution >= 0.6 is 11.6 Å². The van der Waals surface area contributed by atoms with Crippen LogP contribution in [0.25, 0.3) is 0 Å². The van der Waals surface area contributed by atoms with Crippen LogP contribution < -0.4 is 14.5 Å². The molecule has 0 fully saturated rings. The van der Waals surface area contributed by atoms with Crippen LogP contribution in [-0.2, 0) is 4.79 Å². The van der Waals surface area contributed by atoms with Gasteiger partial charge in [-0.2, -0.15) is 0 Å². The highest BCUT2D eigenvalue weighted by Crippen LogP contribution is 2.41. The molecule has 1 aliphatic rings. The first-order valence-electron chi connectivity index (χ1n) is 11.5. The second-order valence-corrected chi connectivity index (χ2v) is 9.02. The summed E-state index contributed by atoms with van der Waals surface area (Å²) in [5.41, 5.74) is 3.97. The van der Waals surface area contributed by atoms with Gasteiger partial charge >= 0.3 is 0 Å². The number of nitrogens with zero attached hydrogens (tertiary/aromatic N) is 2. The van der Waals surface area contributed by atoms with Gasteiger partial charge in [0.1, 0.15) is 5.75 Å². The van der Waals surface area contributed by atoms with Gasteiger partial charge in [-0.25, -0.2) is 0 Å². The Morgan fingerprint density at radius 2 is 1.79 bits per heavy atom. The number of carbonyl (C=O) groups excluding carboxylic acids is 2. The first kappa shape index (κ1) is 23.8. The summed E-state index contributed by atoms with van der Waals surface area (Å²) in [6, 6.07) is 20.4. The van der Waals surface area contributed by atoms with Gasteiger partial charge in [0.25, 0.3) is 5.91 Å². The van der Waals surface area contributed by atoms with Crippen molar-refractivity contribution in [1.82, 2.24) is 0 Å². The molecule has 3 aromatic rings. The van der Waals surface area contributed by atoms with Crippen molar-refractivity contribution in [3.63, 3.8) is 0 Å². The van der Waals surface area contributed by atoms with Gasteiger partial charge in [-0.05, 0) is 80.8 Å². The molecule has 0 bridgehead atoms. The molecule has 0 saturated heterocycles. The number of ether oxygens (including phenoxy) is 1. The molecule has 1 heterocycles. The number of anilines is 2. The van der Waals surface area contributed by atoms with Crippen molar-refractivity contribution in [3.8, 4) is 5.75 Å². The molecular formula is C28H29ClN2O3. The molecule has 0 aromatic heterocycles. The van der Waals surface area contributed by atoms with Crippen molar-refractivity contribution < 1.29 is 14.3 Å². The number of rotatable bonds is 5. The summed E-state index contributed by atoms with van der Waals surface area (Å²) < 4.78 is 5.22. The molecule has 6 heteroatoms. The molecule has 0 saturated carbocycles.